The molecule has 0 spiro atoms. The second-order valence-electron chi connectivity index (χ2n) is 5.73. The first-order valence-electron chi connectivity index (χ1n) is 6.96. The summed E-state index contributed by atoms with van der Waals surface area (Å²) in [5, 5.41) is 3.47. The van der Waals surface area contributed by atoms with Crippen LogP contribution in [0.5, 0.6) is 0 Å². The predicted octanol–water partition coefficient (Wildman–Crippen LogP) is 2.92. The Morgan fingerprint density at radius 3 is 2.72 bits per heavy atom. The Morgan fingerprint density at radius 2 is 2.06 bits per heavy atom. The van der Waals surface area contributed by atoms with Gasteiger partial charge in [-0.15, -0.1) is 0 Å². The van der Waals surface area contributed by atoms with Gasteiger partial charge in [-0.3, -0.25) is 0 Å². The van der Waals surface area contributed by atoms with Crippen molar-refractivity contribution in [2.45, 2.75) is 38.3 Å². The van der Waals surface area contributed by atoms with Crippen LogP contribution in [0.1, 0.15) is 31.2 Å². The molecule has 2 fully saturated rings. The van der Waals surface area contributed by atoms with E-state index in [0.29, 0.717) is 6.04 Å². The van der Waals surface area contributed by atoms with E-state index in [0.717, 1.165) is 30.3 Å². The van der Waals surface area contributed by atoms with Gasteiger partial charge in [0.15, 0.2) is 0 Å². The third-order valence-corrected chi connectivity index (χ3v) is 3.84. The summed E-state index contributed by atoms with van der Waals surface area (Å²) in [6, 6.07) is 6.08. The van der Waals surface area contributed by atoms with Gasteiger partial charge < -0.3 is 10.2 Å². The van der Waals surface area contributed by atoms with Crippen LogP contribution in [0.4, 0.5) is 10.1 Å². The monoisotopic (exact) mass is 248 g/mol. The Balaban J connectivity index is 1.74. The number of nitrogens with one attached hydrogen (secondary N) is 1. The van der Waals surface area contributed by atoms with Crippen LogP contribution >= 0.6 is 0 Å². The fraction of sp³-hybridized carbons (Fsp3) is 0.600. The molecule has 0 bridgehead atoms. The minimum absolute atomic E-state index is 0.0896. The van der Waals surface area contributed by atoms with Crippen molar-refractivity contribution in [1.82, 2.24) is 5.32 Å². The number of nitrogens with zero attached hydrogens (tertiary/aromatic N) is 1. The average Bonchev–Trinajstić information content (AvgIpc) is 3.21. The molecule has 0 radical (unpaired) electrons. The zero-order valence-corrected chi connectivity index (χ0v) is 11.0. The van der Waals surface area contributed by atoms with Gasteiger partial charge in [-0.2, -0.15) is 0 Å². The van der Waals surface area contributed by atoms with Gasteiger partial charge in [-0.05, 0) is 43.2 Å². The molecule has 0 aromatic heterocycles. The van der Waals surface area contributed by atoms with Crippen molar-refractivity contribution in [3.63, 3.8) is 0 Å². The van der Waals surface area contributed by atoms with Crippen LogP contribution in [-0.2, 0) is 6.54 Å². The third kappa shape index (κ3) is 2.83. The van der Waals surface area contributed by atoms with E-state index in [1.807, 2.05) is 19.2 Å². The maximum absolute atomic E-state index is 14.0. The third-order valence-electron chi connectivity index (χ3n) is 3.84. The van der Waals surface area contributed by atoms with Crippen molar-refractivity contribution in [3.05, 3.63) is 29.6 Å². The largest absolute Gasteiger partial charge is 0.372 e. The molecule has 3 rings (SSSR count). The number of rotatable bonds is 6. The first-order chi connectivity index (χ1) is 8.74. The fourth-order valence-electron chi connectivity index (χ4n) is 2.45. The highest BCUT2D eigenvalue weighted by Crippen LogP contribution is 2.33. The lowest BCUT2D eigenvalue weighted by molar-refractivity contribution is 0.610. The Bertz CT molecular complexity index is 425. The van der Waals surface area contributed by atoms with Crippen LogP contribution in [0, 0.1) is 11.7 Å². The zero-order valence-electron chi connectivity index (χ0n) is 11.0. The first-order valence-corrected chi connectivity index (χ1v) is 6.96. The SMILES string of the molecule is CN(CC1CC1)c1c(F)cccc1CNC1CC1. The summed E-state index contributed by atoms with van der Waals surface area (Å²) in [7, 11) is 2.01. The molecule has 98 valence electrons. The molecule has 2 aliphatic carbocycles. The number of anilines is 1. The number of hydrogen-bond donors (Lipinski definition) is 1. The summed E-state index contributed by atoms with van der Waals surface area (Å²) >= 11 is 0. The summed E-state index contributed by atoms with van der Waals surface area (Å²) in [6.07, 6.45) is 5.13. The van der Waals surface area contributed by atoms with E-state index >= 15 is 0 Å². The molecular weight excluding hydrogens is 227 g/mol. The molecule has 2 nitrogen and oxygen atoms in total. The summed E-state index contributed by atoms with van der Waals surface area (Å²) in [5.74, 6) is 0.687. The second kappa shape index (κ2) is 4.88. The Labute approximate surface area is 108 Å². The summed E-state index contributed by atoms with van der Waals surface area (Å²) < 4.78 is 14.0. The van der Waals surface area contributed by atoms with E-state index in [-0.39, 0.29) is 5.82 Å². The maximum Gasteiger partial charge on any atom is 0.146 e. The van der Waals surface area contributed by atoms with Crippen molar-refractivity contribution in [2.24, 2.45) is 5.92 Å². The lowest BCUT2D eigenvalue weighted by Crippen LogP contribution is -2.24. The lowest BCUT2D eigenvalue weighted by atomic mass is 10.1. The van der Waals surface area contributed by atoms with Gasteiger partial charge >= 0.3 is 0 Å². The number of para-hydroxylation sites is 1. The van der Waals surface area contributed by atoms with Gasteiger partial charge in [-0.25, -0.2) is 4.39 Å². The first kappa shape index (κ1) is 12.0. The standard InChI is InChI=1S/C15H21FN2/c1-18(10-11-5-6-11)15-12(3-2-4-14(15)16)9-17-13-7-8-13/h2-4,11,13,17H,5-10H2,1H3. The Kier molecular flexibility index (Phi) is 3.25. The molecule has 0 unspecified atom stereocenters. The van der Waals surface area contributed by atoms with Crippen LogP contribution in [-0.4, -0.2) is 19.6 Å². The molecule has 0 heterocycles. The van der Waals surface area contributed by atoms with E-state index in [1.165, 1.54) is 25.7 Å². The molecule has 0 saturated heterocycles. The Morgan fingerprint density at radius 1 is 1.28 bits per heavy atom. The van der Waals surface area contributed by atoms with Crippen LogP contribution in [0.3, 0.4) is 0 Å². The molecule has 18 heavy (non-hydrogen) atoms. The van der Waals surface area contributed by atoms with Gasteiger partial charge in [-0.1, -0.05) is 12.1 Å². The summed E-state index contributed by atoms with van der Waals surface area (Å²) in [4.78, 5) is 2.09. The van der Waals surface area contributed by atoms with Crippen LogP contribution in [0.15, 0.2) is 18.2 Å². The highest BCUT2D eigenvalue weighted by atomic mass is 19.1. The molecule has 1 aromatic rings. The van der Waals surface area contributed by atoms with Crippen molar-refractivity contribution in [3.8, 4) is 0 Å². The topological polar surface area (TPSA) is 15.3 Å². The average molecular weight is 248 g/mol. The number of hydrogen-bond acceptors (Lipinski definition) is 2. The normalized spacial score (nSPS) is 19.0. The van der Waals surface area contributed by atoms with Crippen LogP contribution in [0.25, 0.3) is 0 Å². The number of benzene rings is 1. The van der Waals surface area contributed by atoms with E-state index in [4.69, 9.17) is 0 Å². The predicted molar refractivity (Wildman–Crippen MR) is 72.3 cm³/mol. The molecule has 1 N–H and O–H groups in total. The van der Waals surface area contributed by atoms with Gasteiger partial charge in [0.2, 0.25) is 0 Å². The molecule has 0 amide bonds. The summed E-state index contributed by atoms with van der Waals surface area (Å²) in [5.41, 5.74) is 1.88. The Hall–Kier alpha value is -1.09. The summed E-state index contributed by atoms with van der Waals surface area (Å²) in [6.45, 7) is 1.77. The smallest absolute Gasteiger partial charge is 0.146 e. The van der Waals surface area contributed by atoms with Crippen molar-refractivity contribution >= 4 is 5.69 Å². The van der Waals surface area contributed by atoms with Crippen LogP contribution in [0.2, 0.25) is 0 Å². The fourth-order valence-corrected chi connectivity index (χ4v) is 2.45. The zero-order chi connectivity index (χ0) is 12.5. The van der Waals surface area contributed by atoms with E-state index in [1.54, 1.807) is 6.07 Å². The van der Waals surface area contributed by atoms with Gasteiger partial charge in [0, 0.05) is 26.2 Å². The number of halogens is 1. The van der Waals surface area contributed by atoms with Crippen molar-refractivity contribution in [2.75, 3.05) is 18.5 Å². The van der Waals surface area contributed by atoms with Gasteiger partial charge in [0.1, 0.15) is 5.82 Å². The van der Waals surface area contributed by atoms with Gasteiger partial charge in [0.25, 0.3) is 0 Å². The molecule has 2 aliphatic rings. The highest BCUT2D eigenvalue weighted by molar-refractivity contribution is 5.54. The minimum atomic E-state index is -0.0896. The maximum atomic E-state index is 14.0. The van der Waals surface area contributed by atoms with Crippen LogP contribution < -0.4 is 10.2 Å². The molecule has 0 aliphatic heterocycles. The molecule has 0 atom stereocenters. The molecule has 2 saturated carbocycles. The van der Waals surface area contributed by atoms with Crippen molar-refractivity contribution < 1.29 is 4.39 Å². The van der Waals surface area contributed by atoms with E-state index in [9.17, 15) is 4.39 Å². The molecule has 1 aromatic carbocycles. The minimum Gasteiger partial charge on any atom is -0.372 e. The lowest BCUT2D eigenvalue weighted by Gasteiger charge is -2.23. The molecular formula is C15H21FN2. The van der Waals surface area contributed by atoms with Crippen molar-refractivity contribution in [1.29, 1.82) is 0 Å². The second-order valence-corrected chi connectivity index (χ2v) is 5.73. The molecule has 3 heteroatoms. The van der Waals surface area contributed by atoms with E-state index < -0.39 is 0 Å². The van der Waals surface area contributed by atoms with Gasteiger partial charge in [0.05, 0.1) is 5.69 Å². The van der Waals surface area contributed by atoms with E-state index in [2.05, 4.69) is 10.2 Å². The quantitative estimate of drug-likeness (QED) is 0.832. The highest BCUT2D eigenvalue weighted by Gasteiger charge is 2.25.